The Kier molecular flexibility index (Phi) is 1.62. The molecule has 2 aromatic rings. The predicted molar refractivity (Wildman–Crippen MR) is 53.3 cm³/mol. The highest BCUT2D eigenvalue weighted by Gasteiger charge is 2.14. The highest BCUT2D eigenvalue weighted by Crippen LogP contribution is 2.35. The monoisotopic (exact) mass is 201 g/mol. The van der Waals surface area contributed by atoms with Gasteiger partial charge in [0.05, 0.1) is 5.52 Å². The molecule has 1 aliphatic rings. The van der Waals surface area contributed by atoms with Crippen LogP contribution in [0.15, 0.2) is 24.3 Å². The number of pyridine rings is 1. The minimum atomic E-state index is 0.242. The highest BCUT2D eigenvalue weighted by atomic mass is 16.7. The number of benzene rings is 1. The van der Waals surface area contributed by atoms with Gasteiger partial charge >= 0.3 is 0 Å². The minimum absolute atomic E-state index is 0.242. The summed E-state index contributed by atoms with van der Waals surface area (Å²) >= 11 is 0. The predicted octanol–water partition coefficient (Wildman–Crippen LogP) is 1.78. The number of fused-ring (bicyclic) bond motifs is 2. The van der Waals surface area contributed by atoms with E-state index >= 15 is 0 Å². The molecule has 0 spiro atoms. The molecule has 0 atom stereocenters. The van der Waals surface area contributed by atoms with E-state index in [2.05, 4.69) is 4.98 Å². The Labute approximate surface area is 85.4 Å². The zero-order valence-electron chi connectivity index (χ0n) is 7.77. The first-order valence-corrected chi connectivity index (χ1v) is 4.52. The van der Waals surface area contributed by atoms with Crippen molar-refractivity contribution in [3.8, 4) is 11.5 Å². The Morgan fingerprint density at radius 2 is 2.00 bits per heavy atom. The molecule has 15 heavy (non-hydrogen) atoms. The fraction of sp³-hybridized carbons (Fsp3) is 0.0909. The smallest absolute Gasteiger partial charge is 0.231 e. The summed E-state index contributed by atoms with van der Waals surface area (Å²) in [5, 5.41) is 0.935. The summed E-state index contributed by atoms with van der Waals surface area (Å²) in [5.74, 6) is 1.40. The molecule has 74 valence electrons. The highest BCUT2D eigenvalue weighted by molar-refractivity contribution is 5.86. The van der Waals surface area contributed by atoms with E-state index in [1.165, 1.54) is 0 Å². The minimum Gasteiger partial charge on any atom is -0.454 e. The lowest BCUT2D eigenvalue weighted by Crippen LogP contribution is -1.92. The third-order valence-corrected chi connectivity index (χ3v) is 2.33. The summed E-state index contributed by atoms with van der Waals surface area (Å²) in [5.41, 5.74) is 1.16. The van der Waals surface area contributed by atoms with Crippen LogP contribution in [0.4, 0.5) is 0 Å². The van der Waals surface area contributed by atoms with Gasteiger partial charge < -0.3 is 9.47 Å². The third kappa shape index (κ3) is 1.22. The van der Waals surface area contributed by atoms with E-state index in [-0.39, 0.29) is 6.79 Å². The van der Waals surface area contributed by atoms with Gasteiger partial charge in [-0.2, -0.15) is 0 Å². The lowest BCUT2D eigenvalue weighted by Gasteiger charge is -2.00. The second-order valence-corrected chi connectivity index (χ2v) is 3.25. The van der Waals surface area contributed by atoms with Crippen molar-refractivity contribution in [1.82, 2.24) is 4.98 Å². The van der Waals surface area contributed by atoms with Gasteiger partial charge in [-0.05, 0) is 12.1 Å². The van der Waals surface area contributed by atoms with Gasteiger partial charge in [0.25, 0.3) is 0 Å². The van der Waals surface area contributed by atoms with Crippen molar-refractivity contribution in [1.29, 1.82) is 0 Å². The number of nitrogens with zero attached hydrogens (tertiary/aromatic N) is 1. The molecular formula is C11H7NO3. The molecule has 0 bridgehead atoms. The normalized spacial score (nSPS) is 13.1. The Balaban J connectivity index is 2.28. The first-order chi connectivity index (χ1) is 7.36. The molecule has 0 saturated carbocycles. The average molecular weight is 201 g/mol. The fourth-order valence-electron chi connectivity index (χ4n) is 1.59. The van der Waals surface area contributed by atoms with Crippen LogP contribution in [0.1, 0.15) is 10.5 Å². The Hall–Kier alpha value is -2.10. The molecular weight excluding hydrogens is 194 g/mol. The van der Waals surface area contributed by atoms with Crippen LogP contribution in [0.5, 0.6) is 11.5 Å². The Morgan fingerprint density at radius 3 is 2.80 bits per heavy atom. The van der Waals surface area contributed by atoms with Gasteiger partial charge in [-0.3, -0.25) is 4.79 Å². The number of aldehydes is 1. The molecule has 0 N–H and O–H groups in total. The van der Waals surface area contributed by atoms with E-state index in [0.29, 0.717) is 11.4 Å². The summed E-state index contributed by atoms with van der Waals surface area (Å²) in [6.45, 7) is 0.242. The second kappa shape index (κ2) is 2.95. The van der Waals surface area contributed by atoms with Crippen LogP contribution < -0.4 is 9.47 Å². The topological polar surface area (TPSA) is 48.4 Å². The summed E-state index contributed by atoms with van der Waals surface area (Å²) in [4.78, 5) is 14.7. The van der Waals surface area contributed by atoms with E-state index < -0.39 is 0 Å². The maximum absolute atomic E-state index is 10.6. The molecule has 1 aromatic heterocycles. The Morgan fingerprint density at radius 1 is 1.20 bits per heavy atom. The molecule has 0 saturated heterocycles. The molecule has 1 aromatic carbocycles. The average Bonchev–Trinajstić information content (AvgIpc) is 2.72. The maximum atomic E-state index is 10.6. The standard InChI is InChI=1S/C11H7NO3/c13-5-8-2-1-7-3-10-11(15-6-14-10)4-9(7)12-8/h1-5H,6H2. The van der Waals surface area contributed by atoms with Gasteiger partial charge in [-0.15, -0.1) is 0 Å². The van der Waals surface area contributed by atoms with Crippen molar-refractivity contribution in [3.05, 3.63) is 30.0 Å². The first-order valence-electron chi connectivity index (χ1n) is 4.52. The molecule has 0 radical (unpaired) electrons. The number of carbonyl (C=O) groups is 1. The van der Waals surface area contributed by atoms with Gasteiger partial charge in [0, 0.05) is 11.5 Å². The van der Waals surface area contributed by atoms with Crippen LogP contribution in [0, 0.1) is 0 Å². The van der Waals surface area contributed by atoms with Crippen molar-refractivity contribution >= 4 is 17.2 Å². The number of hydrogen-bond donors (Lipinski definition) is 0. The zero-order valence-corrected chi connectivity index (χ0v) is 7.77. The molecule has 0 amide bonds. The van der Waals surface area contributed by atoms with Crippen molar-refractivity contribution in [2.45, 2.75) is 0 Å². The van der Waals surface area contributed by atoms with E-state index in [9.17, 15) is 4.79 Å². The Bertz CT molecular complexity index is 551. The second-order valence-electron chi connectivity index (χ2n) is 3.25. The van der Waals surface area contributed by atoms with Gasteiger partial charge in [0.2, 0.25) is 6.79 Å². The van der Waals surface area contributed by atoms with E-state index in [4.69, 9.17) is 9.47 Å². The lowest BCUT2D eigenvalue weighted by molar-refractivity contribution is 0.111. The lowest BCUT2D eigenvalue weighted by atomic mass is 10.2. The van der Waals surface area contributed by atoms with E-state index in [0.717, 1.165) is 22.9 Å². The van der Waals surface area contributed by atoms with Gasteiger partial charge in [0.15, 0.2) is 17.8 Å². The number of ether oxygens (including phenoxy) is 2. The molecule has 0 unspecified atom stereocenters. The molecule has 3 rings (SSSR count). The number of aromatic nitrogens is 1. The molecule has 2 heterocycles. The molecule has 0 fully saturated rings. The first kappa shape index (κ1) is 8.23. The molecule has 1 aliphatic heterocycles. The van der Waals surface area contributed by atoms with Crippen molar-refractivity contribution < 1.29 is 14.3 Å². The van der Waals surface area contributed by atoms with Crippen molar-refractivity contribution in [2.75, 3.05) is 6.79 Å². The number of rotatable bonds is 1. The van der Waals surface area contributed by atoms with Gasteiger partial charge in [-0.1, -0.05) is 6.07 Å². The SMILES string of the molecule is O=Cc1ccc2cc3c(cc2n1)OCO3. The van der Waals surface area contributed by atoms with Crippen molar-refractivity contribution in [2.24, 2.45) is 0 Å². The van der Waals surface area contributed by atoms with Crippen molar-refractivity contribution in [3.63, 3.8) is 0 Å². The van der Waals surface area contributed by atoms with Gasteiger partial charge in [-0.25, -0.2) is 4.98 Å². The van der Waals surface area contributed by atoms with Crippen LogP contribution in [0.2, 0.25) is 0 Å². The van der Waals surface area contributed by atoms with Crippen LogP contribution in [0.25, 0.3) is 10.9 Å². The molecule has 4 heteroatoms. The van der Waals surface area contributed by atoms with Crippen LogP contribution in [-0.2, 0) is 0 Å². The number of hydrogen-bond acceptors (Lipinski definition) is 4. The summed E-state index contributed by atoms with van der Waals surface area (Å²) < 4.78 is 10.5. The quantitative estimate of drug-likeness (QED) is 0.660. The van der Waals surface area contributed by atoms with Gasteiger partial charge in [0.1, 0.15) is 5.69 Å². The summed E-state index contributed by atoms with van der Waals surface area (Å²) in [6, 6.07) is 7.16. The molecule has 0 aliphatic carbocycles. The van der Waals surface area contributed by atoms with Crippen LogP contribution in [0.3, 0.4) is 0 Å². The third-order valence-electron chi connectivity index (χ3n) is 2.33. The van der Waals surface area contributed by atoms with E-state index in [1.54, 1.807) is 12.1 Å². The summed E-state index contributed by atoms with van der Waals surface area (Å²) in [7, 11) is 0. The van der Waals surface area contributed by atoms with Crippen LogP contribution in [-0.4, -0.2) is 18.1 Å². The zero-order chi connectivity index (χ0) is 10.3. The molecule has 4 nitrogen and oxygen atoms in total. The number of carbonyl (C=O) groups excluding carboxylic acids is 1. The fourth-order valence-corrected chi connectivity index (χ4v) is 1.59. The summed E-state index contributed by atoms with van der Waals surface area (Å²) in [6.07, 6.45) is 0.726. The van der Waals surface area contributed by atoms with Crippen LogP contribution >= 0.6 is 0 Å². The maximum Gasteiger partial charge on any atom is 0.231 e. The van der Waals surface area contributed by atoms with E-state index in [1.807, 2.05) is 12.1 Å². The largest absolute Gasteiger partial charge is 0.454 e.